The molecule has 2 aromatic heterocycles. The number of hydrogen-bond acceptors (Lipinski definition) is 5. The molecule has 124 valence electrons. The van der Waals surface area contributed by atoms with Crippen molar-refractivity contribution < 1.29 is 4.74 Å². The molecule has 0 spiro atoms. The maximum absolute atomic E-state index is 5.21. The Kier molecular flexibility index (Phi) is 3.95. The third-order valence-electron chi connectivity index (χ3n) is 5.63. The highest BCUT2D eigenvalue weighted by Crippen LogP contribution is 2.41. The van der Waals surface area contributed by atoms with Crippen molar-refractivity contribution >= 4 is 16.9 Å². The number of fused-ring (bicyclic) bond motifs is 2. The second-order valence-corrected chi connectivity index (χ2v) is 6.95. The van der Waals surface area contributed by atoms with Gasteiger partial charge in [0, 0.05) is 46.0 Å². The molecule has 3 atom stereocenters. The molecule has 0 radical (unpaired) electrons. The van der Waals surface area contributed by atoms with Gasteiger partial charge in [-0.25, -0.2) is 9.97 Å². The molecule has 2 aromatic rings. The molecule has 2 aliphatic rings. The summed E-state index contributed by atoms with van der Waals surface area (Å²) >= 11 is 0. The Balaban J connectivity index is 1.44. The number of H-pyrrole nitrogens is 1. The van der Waals surface area contributed by atoms with Crippen LogP contribution in [0.1, 0.15) is 12.8 Å². The maximum Gasteiger partial charge on any atom is 0.142 e. The lowest BCUT2D eigenvalue weighted by Gasteiger charge is -2.27. The van der Waals surface area contributed by atoms with Crippen LogP contribution in [0.5, 0.6) is 0 Å². The number of aromatic nitrogens is 3. The van der Waals surface area contributed by atoms with Crippen LogP contribution in [0.15, 0.2) is 18.6 Å². The molecule has 23 heavy (non-hydrogen) atoms. The second-order valence-electron chi connectivity index (χ2n) is 6.95. The highest BCUT2D eigenvalue weighted by molar-refractivity contribution is 5.87. The standard InChI is InChI=1S/C17H25N5O/c1-21(17-15-3-4-18-16(15)19-11-20-17)14-7-12-9-22(5-6-23-2)10-13(12)8-14/h3-4,11-14H,5-10H2,1-2H3,(H,18,19,20)/t12-,13+,14-. The van der Waals surface area contributed by atoms with Crippen molar-refractivity contribution in [3.63, 3.8) is 0 Å². The molecular formula is C17H25N5O. The minimum absolute atomic E-state index is 0.586. The molecule has 0 aromatic carbocycles. The van der Waals surface area contributed by atoms with E-state index in [4.69, 9.17) is 4.74 Å². The van der Waals surface area contributed by atoms with Gasteiger partial charge < -0.3 is 19.5 Å². The SMILES string of the molecule is COCCN1C[C@H]2C[C@@H](N(C)c3ncnc4[nH]ccc34)C[C@H]2C1. The first-order valence-electron chi connectivity index (χ1n) is 8.48. The van der Waals surface area contributed by atoms with Gasteiger partial charge in [0.15, 0.2) is 0 Å². The van der Waals surface area contributed by atoms with E-state index in [1.54, 1.807) is 13.4 Å². The van der Waals surface area contributed by atoms with Crippen LogP contribution in [0.25, 0.3) is 11.0 Å². The lowest BCUT2D eigenvalue weighted by atomic mass is 10.0. The van der Waals surface area contributed by atoms with E-state index < -0.39 is 0 Å². The molecule has 1 saturated carbocycles. The van der Waals surface area contributed by atoms with Gasteiger partial charge in [-0.3, -0.25) is 0 Å². The summed E-state index contributed by atoms with van der Waals surface area (Å²) in [6, 6.07) is 2.66. The summed E-state index contributed by atoms with van der Waals surface area (Å²) in [6.45, 7) is 4.36. The van der Waals surface area contributed by atoms with Gasteiger partial charge >= 0.3 is 0 Å². The topological polar surface area (TPSA) is 57.3 Å². The van der Waals surface area contributed by atoms with Gasteiger partial charge in [-0.1, -0.05) is 0 Å². The van der Waals surface area contributed by atoms with Gasteiger partial charge in [0.1, 0.15) is 17.8 Å². The average molecular weight is 315 g/mol. The van der Waals surface area contributed by atoms with Crippen LogP contribution in [-0.2, 0) is 4.74 Å². The number of likely N-dealkylation sites (tertiary alicyclic amines) is 1. The van der Waals surface area contributed by atoms with Crippen molar-refractivity contribution in [1.82, 2.24) is 19.9 Å². The Morgan fingerprint density at radius 1 is 1.30 bits per heavy atom. The first-order valence-corrected chi connectivity index (χ1v) is 8.48. The van der Waals surface area contributed by atoms with E-state index in [0.717, 1.165) is 41.8 Å². The number of hydrogen-bond donors (Lipinski definition) is 1. The Labute approximate surface area is 136 Å². The van der Waals surface area contributed by atoms with Gasteiger partial charge in [0.05, 0.1) is 12.0 Å². The third kappa shape index (κ3) is 2.70. The van der Waals surface area contributed by atoms with Crippen LogP contribution >= 0.6 is 0 Å². The summed E-state index contributed by atoms with van der Waals surface area (Å²) in [4.78, 5) is 16.9. The molecule has 6 heteroatoms. The fraction of sp³-hybridized carbons (Fsp3) is 0.647. The summed E-state index contributed by atoms with van der Waals surface area (Å²) in [5.74, 6) is 2.70. The maximum atomic E-state index is 5.21. The Hall–Kier alpha value is -1.66. The van der Waals surface area contributed by atoms with Gasteiger partial charge in [0.2, 0.25) is 0 Å². The number of methoxy groups -OCH3 is 1. The molecule has 0 amide bonds. The van der Waals surface area contributed by atoms with E-state index in [-0.39, 0.29) is 0 Å². The number of anilines is 1. The van der Waals surface area contributed by atoms with Crippen molar-refractivity contribution in [1.29, 1.82) is 0 Å². The summed E-state index contributed by atoms with van der Waals surface area (Å²) in [5, 5.41) is 1.12. The van der Waals surface area contributed by atoms with E-state index in [0.29, 0.717) is 6.04 Å². The van der Waals surface area contributed by atoms with Crippen LogP contribution in [0, 0.1) is 11.8 Å². The quantitative estimate of drug-likeness (QED) is 0.911. The van der Waals surface area contributed by atoms with Crippen LogP contribution in [0.4, 0.5) is 5.82 Å². The van der Waals surface area contributed by atoms with E-state index in [1.165, 1.54) is 25.9 Å². The van der Waals surface area contributed by atoms with Gasteiger partial charge in [0.25, 0.3) is 0 Å². The minimum atomic E-state index is 0.586. The van der Waals surface area contributed by atoms with Crippen molar-refractivity contribution in [3.05, 3.63) is 18.6 Å². The van der Waals surface area contributed by atoms with Crippen LogP contribution < -0.4 is 4.90 Å². The van der Waals surface area contributed by atoms with Gasteiger partial charge in [-0.2, -0.15) is 0 Å². The van der Waals surface area contributed by atoms with Crippen LogP contribution in [0.3, 0.4) is 0 Å². The molecule has 0 unspecified atom stereocenters. The molecule has 1 aliphatic carbocycles. The van der Waals surface area contributed by atoms with Gasteiger partial charge in [-0.15, -0.1) is 0 Å². The molecule has 1 saturated heterocycles. The summed E-state index contributed by atoms with van der Waals surface area (Å²) in [5.41, 5.74) is 0.922. The van der Waals surface area contributed by atoms with E-state index in [9.17, 15) is 0 Å². The first-order chi connectivity index (χ1) is 11.3. The normalized spacial score (nSPS) is 27.7. The molecule has 1 N–H and O–H groups in total. The van der Waals surface area contributed by atoms with E-state index in [2.05, 4.69) is 37.9 Å². The number of nitrogens with zero attached hydrogens (tertiary/aromatic N) is 4. The van der Waals surface area contributed by atoms with Crippen molar-refractivity contribution in [3.8, 4) is 0 Å². The minimum Gasteiger partial charge on any atom is -0.383 e. The lowest BCUT2D eigenvalue weighted by Crippen LogP contribution is -2.33. The molecule has 1 aliphatic heterocycles. The highest BCUT2D eigenvalue weighted by Gasteiger charge is 2.42. The molecule has 6 nitrogen and oxygen atoms in total. The van der Waals surface area contributed by atoms with Crippen molar-refractivity contribution in [2.24, 2.45) is 11.8 Å². The Morgan fingerprint density at radius 3 is 2.83 bits per heavy atom. The average Bonchev–Trinajstić information content (AvgIpc) is 3.25. The monoisotopic (exact) mass is 315 g/mol. The zero-order valence-electron chi connectivity index (χ0n) is 13.9. The number of rotatable bonds is 5. The molecule has 3 heterocycles. The molecular weight excluding hydrogens is 290 g/mol. The van der Waals surface area contributed by atoms with E-state index in [1.807, 2.05) is 6.20 Å². The third-order valence-corrected chi connectivity index (χ3v) is 5.63. The fourth-order valence-electron chi connectivity index (χ4n) is 4.40. The Bertz CT molecular complexity index is 658. The summed E-state index contributed by atoms with van der Waals surface area (Å²) in [7, 11) is 3.97. The first kappa shape index (κ1) is 14.9. The van der Waals surface area contributed by atoms with Crippen LogP contribution in [-0.4, -0.2) is 66.3 Å². The number of nitrogens with one attached hydrogen (secondary N) is 1. The molecule has 4 rings (SSSR count). The highest BCUT2D eigenvalue weighted by atomic mass is 16.5. The van der Waals surface area contributed by atoms with E-state index >= 15 is 0 Å². The van der Waals surface area contributed by atoms with Crippen molar-refractivity contribution in [2.45, 2.75) is 18.9 Å². The zero-order valence-corrected chi connectivity index (χ0v) is 13.9. The number of ether oxygens (including phenoxy) is 1. The summed E-state index contributed by atoms with van der Waals surface area (Å²) in [6.07, 6.45) is 6.13. The predicted molar refractivity (Wildman–Crippen MR) is 90.6 cm³/mol. The van der Waals surface area contributed by atoms with Crippen LogP contribution in [0.2, 0.25) is 0 Å². The Morgan fingerprint density at radius 2 is 2.09 bits per heavy atom. The zero-order chi connectivity index (χ0) is 15.8. The molecule has 0 bridgehead atoms. The van der Waals surface area contributed by atoms with Gasteiger partial charge in [-0.05, 0) is 30.7 Å². The largest absolute Gasteiger partial charge is 0.383 e. The number of aromatic amines is 1. The summed E-state index contributed by atoms with van der Waals surface area (Å²) < 4.78 is 5.21. The lowest BCUT2D eigenvalue weighted by molar-refractivity contribution is 0.156. The second kappa shape index (κ2) is 6.09. The van der Waals surface area contributed by atoms with Crippen molar-refractivity contribution in [2.75, 3.05) is 45.3 Å². The molecule has 2 fully saturated rings. The predicted octanol–water partition coefficient (Wildman–Crippen LogP) is 1.75. The smallest absolute Gasteiger partial charge is 0.142 e. The fourth-order valence-corrected chi connectivity index (χ4v) is 4.40.